The van der Waals surface area contributed by atoms with Crippen LogP contribution in [0.4, 0.5) is 0 Å². The van der Waals surface area contributed by atoms with Crippen LogP contribution in [0.25, 0.3) is 6.08 Å². The molecule has 2 aromatic rings. The van der Waals surface area contributed by atoms with Crippen LogP contribution in [-0.4, -0.2) is 26.1 Å². The molecule has 0 aliphatic carbocycles. The molecule has 4 heteroatoms. The quantitative estimate of drug-likeness (QED) is 0.435. The van der Waals surface area contributed by atoms with Crippen molar-refractivity contribution < 1.29 is 19.0 Å². The third-order valence-corrected chi connectivity index (χ3v) is 4.24. The third kappa shape index (κ3) is 5.38. The second-order valence-corrected chi connectivity index (χ2v) is 7.43. The van der Waals surface area contributed by atoms with Gasteiger partial charge in [0.1, 0.15) is 17.2 Å². The van der Waals surface area contributed by atoms with Gasteiger partial charge in [0, 0.05) is 11.1 Å². The molecule has 4 nitrogen and oxygen atoms in total. The molecule has 0 aliphatic rings. The lowest BCUT2D eigenvalue weighted by Gasteiger charge is -2.26. The van der Waals surface area contributed by atoms with Crippen molar-refractivity contribution >= 4 is 11.9 Å². The van der Waals surface area contributed by atoms with Gasteiger partial charge in [0.15, 0.2) is 5.78 Å². The molecule has 150 valence electrons. The van der Waals surface area contributed by atoms with E-state index >= 15 is 0 Å². The third-order valence-electron chi connectivity index (χ3n) is 4.24. The minimum absolute atomic E-state index is 0.0709. The number of carbonyl (C=O) groups excluding carboxylic acids is 1. The van der Waals surface area contributed by atoms with Crippen LogP contribution in [-0.2, 0) is 5.41 Å². The normalized spacial score (nSPS) is 11.5. The summed E-state index contributed by atoms with van der Waals surface area (Å²) in [6.45, 7) is 11.5. The van der Waals surface area contributed by atoms with Gasteiger partial charge in [0.2, 0.25) is 0 Å². The second kappa shape index (κ2) is 9.45. The number of allylic oxidation sites excluding steroid dienone is 1. The summed E-state index contributed by atoms with van der Waals surface area (Å²) in [7, 11) is 1.60. The zero-order valence-electron chi connectivity index (χ0n) is 17.7. The molecule has 0 atom stereocenters. The number of hydrogen-bond acceptors (Lipinski definition) is 4. The zero-order valence-corrected chi connectivity index (χ0v) is 17.7. The Morgan fingerprint density at radius 3 is 1.93 bits per heavy atom. The van der Waals surface area contributed by atoms with Crippen LogP contribution in [0, 0.1) is 0 Å². The number of ether oxygens (including phenoxy) is 3. The highest BCUT2D eigenvalue weighted by Gasteiger charge is 2.25. The predicted octanol–water partition coefficient (Wildman–Crippen LogP) is 5.69. The van der Waals surface area contributed by atoms with Crippen molar-refractivity contribution in [1.29, 1.82) is 0 Å². The molecule has 0 aliphatic heterocycles. The van der Waals surface area contributed by atoms with Gasteiger partial charge in [-0.2, -0.15) is 0 Å². The van der Waals surface area contributed by atoms with Crippen LogP contribution in [0.3, 0.4) is 0 Å². The maximum absolute atomic E-state index is 12.5. The van der Waals surface area contributed by atoms with Crippen molar-refractivity contribution in [1.82, 2.24) is 0 Å². The SMILES string of the molecule is CCOc1cc(C=CC(=O)c2ccc(OC)cc2)cc(OCC)c1C(C)(C)C. The van der Waals surface area contributed by atoms with Gasteiger partial charge < -0.3 is 14.2 Å². The monoisotopic (exact) mass is 382 g/mol. The van der Waals surface area contributed by atoms with E-state index < -0.39 is 0 Å². The van der Waals surface area contributed by atoms with E-state index in [0.29, 0.717) is 18.8 Å². The Balaban J connectivity index is 2.38. The summed E-state index contributed by atoms with van der Waals surface area (Å²) in [4.78, 5) is 12.5. The van der Waals surface area contributed by atoms with Crippen LogP contribution in [0.1, 0.15) is 56.1 Å². The van der Waals surface area contributed by atoms with Crippen molar-refractivity contribution in [3.63, 3.8) is 0 Å². The van der Waals surface area contributed by atoms with E-state index in [1.165, 1.54) is 0 Å². The summed E-state index contributed by atoms with van der Waals surface area (Å²) in [5.41, 5.74) is 2.38. The van der Waals surface area contributed by atoms with E-state index in [2.05, 4.69) is 20.8 Å². The Hall–Kier alpha value is -2.75. The molecule has 0 amide bonds. The van der Waals surface area contributed by atoms with Gasteiger partial charge in [-0.15, -0.1) is 0 Å². The second-order valence-electron chi connectivity index (χ2n) is 7.43. The van der Waals surface area contributed by atoms with Gasteiger partial charge >= 0.3 is 0 Å². The fourth-order valence-corrected chi connectivity index (χ4v) is 3.01. The highest BCUT2D eigenvalue weighted by atomic mass is 16.5. The predicted molar refractivity (Wildman–Crippen MR) is 114 cm³/mol. The fraction of sp³-hybridized carbons (Fsp3) is 0.375. The van der Waals surface area contributed by atoms with Crippen molar-refractivity contribution in [3.8, 4) is 17.2 Å². The van der Waals surface area contributed by atoms with E-state index in [9.17, 15) is 4.79 Å². The molecule has 0 bridgehead atoms. The van der Waals surface area contributed by atoms with Crippen LogP contribution < -0.4 is 14.2 Å². The molecule has 2 rings (SSSR count). The summed E-state index contributed by atoms with van der Waals surface area (Å²) >= 11 is 0. The Kier molecular flexibility index (Phi) is 7.27. The molecule has 2 aromatic carbocycles. The standard InChI is InChI=1S/C24H30O4/c1-7-27-21-15-17(16-22(28-8-2)23(21)24(3,4)5)9-14-20(25)18-10-12-19(26-6)13-11-18/h9-16H,7-8H2,1-6H3. The number of methoxy groups -OCH3 is 1. The van der Waals surface area contributed by atoms with Crippen molar-refractivity contribution in [2.24, 2.45) is 0 Å². The van der Waals surface area contributed by atoms with E-state index in [1.807, 2.05) is 26.0 Å². The van der Waals surface area contributed by atoms with Crippen molar-refractivity contribution in [2.75, 3.05) is 20.3 Å². The van der Waals surface area contributed by atoms with E-state index in [0.717, 1.165) is 28.4 Å². The molecule has 0 heterocycles. The van der Waals surface area contributed by atoms with Crippen LogP contribution in [0.2, 0.25) is 0 Å². The molecule has 0 unspecified atom stereocenters. The van der Waals surface area contributed by atoms with Crippen LogP contribution >= 0.6 is 0 Å². The largest absolute Gasteiger partial charge is 0.497 e. The smallest absolute Gasteiger partial charge is 0.185 e. The Bertz CT molecular complexity index is 800. The number of ketones is 1. The highest BCUT2D eigenvalue weighted by Crippen LogP contribution is 2.40. The van der Waals surface area contributed by atoms with E-state index in [-0.39, 0.29) is 11.2 Å². The molecular formula is C24H30O4. The molecule has 0 saturated carbocycles. The summed E-state index contributed by atoms with van der Waals surface area (Å²) in [5, 5.41) is 0. The lowest BCUT2D eigenvalue weighted by molar-refractivity contribution is 0.104. The lowest BCUT2D eigenvalue weighted by Crippen LogP contribution is -2.16. The number of hydrogen-bond donors (Lipinski definition) is 0. The number of rotatable bonds is 8. The first kappa shape index (κ1) is 21.5. The Labute approximate surface area is 168 Å². The Morgan fingerprint density at radius 2 is 1.50 bits per heavy atom. The van der Waals surface area contributed by atoms with Gasteiger partial charge in [-0.1, -0.05) is 26.8 Å². The van der Waals surface area contributed by atoms with Crippen LogP contribution in [0.5, 0.6) is 17.2 Å². The molecule has 0 N–H and O–H groups in total. The fourth-order valence-electron chi connectivity index (χ4n) is 3.01. The van der Waals surface area contributed by atoms with Gasteiger partial charge in [0.25, 0.3) is 0 Å². The van der Waals surface area contributed by atoms with Crippen molar-refractivity contribution in [3.05, 3.63) is 59.2 Å². The number of carbonyl (C=O) groups is 1. The molecule has 0 fully saturated rings. The summed E-state index contributed by atoms with van der Waals surface area (Å²) < 4.78 is 16.9. The first-order chi connectivity index (χ1) is 13.3. The summed E-state index contributed by atoms with van der Waals surface area (Å²) in [5.74, 6) is 2.23. The minimum atomic E-state index is -0.129. The molecule has 0 spiro atoms. The van der Waals surface area contributed by atoms with E-state index in [4.69, 9.17) is 14.2 Å². The van der Waals surface area contributed by atoms with Crippen LogP contribution in [0.15, 0.2) is 42.5 Å². The molecule has 0 aromatic heterocycles. The highest BCUT2D eigenvalue weighted by molar-refractivity contribution is 6.06. The molecular weight excluding hydrogens is 352 g/mol. The average molecular weight is 383 g/mol. The maximum atomic E-state index is 12.5. The molecule has 0 saturated heterocycles. The number of benzene rings is 2. The van der Waals surface area contributed by atoms with Gasteiger partial charge in [-0.3, -0.25) is 4.79 Å². The first-order valence-electron chi connectivity index (χ1n) is 9.60. The summed E-state index contributed by atoms with van der Waals surface area (Å²) in [6, 6.07) is 11.0. The maximum Gasteiger partial charge on any atom is 0.185 e. The molecule has 0 radical (unpaired) electrons. The van der Waals surface area contributed by atoms with Gasteiger partial charge in [0.05, 0.1) is 20.3 Å². The molecule has 28 heavy (non-hydrogen) atoms. The van der Waals surface area contributed by atoms with Gasteiger partial charge in [-0.25, -0.2) is 0 Å². The summed E-state index contributed by atoms with van der Waals surface area (Å²) in [6.07, 6.45) is 3.36. The Morgan fingerprint density at radius 1 is 0.964 bits per heavy atom. The average Bonchev–Trinajstić information content (AvgIpc) is 2.65. The minimum Gasteiger partial charge on any atom is -0.497 e. The zero-order chi connectivity index (χ0) is 20.7. The van der Waals surface area contributed by atoms with E-state index in [1.54, 1.807) is 43.5 Å². The lowest BCUT2D eigenvalue weighted by atomic mass is 9.84. The van der Waals surface area contributed by atoms with Crippen molar-refractivity contribution in [2.45, 2.75) is 40.0 Å². The first-order valence-corrected chi connectivity index (χ1v) is 9.60. The topological polar surface area (TPSA) is 44.8 Å². The van der Waals surface area contributed by atoms with Gasteiger partial charge in [-0.05, 0) is 67.3 Å².